The van der Waals surface area contributed by atoms with Gasteiger partial charge in [0, 0.05) is 5.75 Å². The van der Waals surface area contributed by atoms with Gasteiger partial charge in [-0.2, -0.15) is 11.8 Å². The molecule has 0 radical (unpaired) electrons. The Hall–Kier alpha value is -1.12. The first-order chi connectivity index (χ1) is 8.54. The summed E-state index contributed by atoms with van der Waals surface area (Å²) in [5.74, 6) is 0.210. The largest absolute Gasteiger partial charge is 0.368 e. The molecule has 0 aromatic carbocycles. The molecule has 0 aliphatic carbocycles. The number of ketones is 1. The van der Waals surface area contributed by atoms with E-state index >= 15 is 0 Å². The van der Waals surface area contributed by atoms with Crippen LogP contribution in [0.5, 0.6) is 0 Å². The molecule has 6 N–H and O–H groups in total. The van der Waals surface area contributed by atoms with Crippen LogP contribution in [0.25, 0.3) is 0 Å². The van der Waals surface area contributed by atoms with Crippen LogP contribution in [0.3, 0.4) is 0 Å². The van der Waals surface area contributed by atoms with Crippen LogP contribution in [-0.2, 0) is 14.4 Å². The maximum Gasteiger partial charge on any atom is 0.235 e. The number of carbonyl (C=O) groups excluding carboxylic acids is 3. The van der Waals surface area contributed by atoms with Crippen LogP contribution >= 0.6 is 11.8 Å². The molecular formula is C10H18N4O3S. The van der Waals surface area contributed by atoms with Gasteiger partial charge >= 0.3 is 0 Å². The van der Waals surface area contributed by atoms with Gasteiger partial charge in [-0.15, -0.1) is 0 Å². The molecule has 1 saturated heterocycles. The number of thioether (sulfide) groups is 1. The number of carbonyl (C=O) groups is 3. The van der Waals surface area contributed by atoms with Gasteiger partial charge in [-0.3, -0.25) is 19.7 Å². The summed E-state index contributed by atoms with van der Waals surface area (Å²) in [6.07, 6.45) is 0.530. The molecule has 1 aliphatic heterocycles. The molecule has 1 aliphatic rings. The summed E-state index contributed by atoms with van der Waals surface area (Å²) >= 11 is 1.52. The molecule has 8 heteroatoms. The molecule has 1 rings (SSSR count). The highest BCUT2D eigenvalue weighted by Crippen LogP contribution is 2.10. The lowest BCUT2D eigenvalue weighted by atomic mass is 10.1. The first-order valence-electron chi connectivity index (χ1n) is 5.67. The molecule has 0 bridgehead atoms. The number of rotatable bonds is 3. The van der Waals surface area contributed by atoms with E-state index in [9.17, 15) is 14.4 Å². The maximum absolute atomic E-state index is 11.9. The van der Waals surface area contributed by atoms with Crippen molar-refractivity contribution in [3.63, 3.8) is 0 Å². The predicted octanol–water partition coefficient (Wildman–Crippen LogP) is -2.42. The van der Waals surface area contributed by atoms with Crippen molar-refractivity contribution in [2.75, 3.05) is 24.6 Å². The number of nitrogens with two attached hydrogens (primary N) is 2. The van der Waals surface area contributed by atoms with Gasteiger partial charge in [0.1, 0.15) is 0 Å². The van der Waals surface area contributed by atoms with Crippen molar-refractivity contribution in [1.82, 2.24) is 10.6 Å². The van der Waals surface area contributed by atoms with Crippen LogP contribution in [0.2, 0.25) is 0 Å². The minimum Gasteiger partial charge on any atom is -0.368 e. The quantitative estimate of drug-likeness (QED) is 0.453. The van der Waals surface area contributed by atoms with Crippen LogP contribution < -0.4 is 22.1 Å². The topological polar surface area (TPSA) is 127 Å². The maximum atomic E-state index is 11.9. The highest BCUT2D eigenvalue weighted by Gasteiger charge is 2.24. The number of nitrogens with one attached hydrogen (secondary N) is 2. The summed E-state index contributed by atoms with van der Waals surface area (Å²) < 4.78 is 0. The molecule has 18 heavy (non-hydrogen) atoms. The molecule has 1 heterocycles. The average Bonchev–Trinajstić information content (AvgIpc) is 2.42. The van der Waals surface area contributed by atoms with Gasteiger partial charge in [-0.1, -0.05) is 0 Å². The molecule has 102 valence electrons. The van der Waals surface area contributed by atoms with Gasteiger partial charge in [0.25, 0.3) is 0 Å². The van der Waals surface area contributed by atoms with Crippen molar-refractivity contribution in [2.24, 2.45) is 11.5 Å². The zero-order chi connectivity index (χ0) is 13.5. The van der Waals surface area contributed by atoms with E-state index in [-0.39, 0.29) is 24.8 Å². The lowest BCUT2D eigenvalue weighted by molar-refractivity contribution is -0.127. The third-order valence-corrected chi connectivity index (χ3v) is 3.70. The molecule has 2 unspecified atom stereocenters. The molecule has 0 aromatic heterocycles. The summed E-state index contributed by atoms with van der Waals surface area (Å²) in [6.45, 7) is -0.127. The van der Waals surface area contributed by atoms with Crippen LogP contribution in [0.1, 0.15) is 6.42 Å². The zero-order valence-electron chi connectivity index (χ0n) is 9.98. The van der Waals surface area contributed by atoms with E-state index in [4.69, 9.17) is 11.5 Å². The molecule has 0 spiro atoms. The van der Waals surface area contributed by atoms with Crippen molar-refractivity contribution in [3.05, 3.63) is 0 Å². The van der Waals surface area contributed by atoms with Gasteiger partial charge in [0.05, 0.1) is 25.2 Å². The van der Waals surface area contributed by atoms with Crippen molar-refractivity contribution < 1.29 is 14.4 Å². The van der Waals surface area contributed by atoms with Gasteiger partial charge in [-0.05, 0) is 12.2 Å². The Kier molecular flexibility index (Phi) is 6.10. The number of Topliss-reactive ketones (excluding diaryl/α,β-unsaturated/α-hetero) is 1. The van der Waals surface area contributed by atoms with Crippen molar-refractivity contribution >= 4 is 29.4 Å². The number of hydrogen-bond donors (Lipinski definition) is 4. The number of hydrogen-bond acceptors (Lipinski definition) is 6. The number of primary amides is 1. The van der Waals surface area contributed by atoms with E-state index in [2.05, 4.69) is 10.6 Å². The second kappa shape index (κ2) is 7.34. The molecule has 0 saturated carbocycles. The van der Waals surface area contributed by atoms with E-state index in [1.165, 1.54) is 11.8 Å². The third-order valence-electron chi connectivity index (χ3n) is 2.61. The van der Waals surface area contributed by atoms with Crippen LogP contribution in [0.15, 0.2) is 0 Å². The monoisotopic (exact) mass is 274 g/mol. The van der Waals surface area contributed by atoms with E-state index in [0.29, 0.717) is 17.9 Å². The minimum absolute atomic E-state index is 0.0175. The lowest BCUT2D eigenvalue weighted by Gasteiger charge is -2.16. The van der Waals surface area contributed by atoms with Gasteiger partial charge in [0.15, 0.2) is 5.78 Å². The SMILES string of the molecule is NCC(=O)NC1CCSCC(C(N)=O)NCC1=O. The van der Waals surface area contributed by atoms with Crippen LogP contribution in [-0.4, -0.2) is 54.3 Å². The standard InChI is InChI=1S/C10H18N4O3S/c11-3-9(16)14-6-1-2-18-5-7(10(12)17)13-4-8(6)15/h6-7,13H,1-5,11H2,(H2,12,17)(H,14,16). The van der Waals surface area contributed by atoms with Crippen molar-refractivity contribution in [3.8, 4) is 0 Å². The second-order valence-electron chi connectivity index (χ2n) is 3.99. The Morgan fingerprint density at radius 3 is 2.83 bits per heavy atom. The normalized spacial score (nSPS) is 25.7. The second-order valence-corrected chi connectivity index (χ2v) is 5.14. The highest BCUT2D eigenvalue weighted by molar-refractivity contribution is 7.99. The van der Waals surface area contributed by atoms with E-state index < -0.39 is 18.0 Å². The average molecular weight is 274 g/mol. The summed E-state index contributed by atoms with van der Waals surface area (Å²) in [5.41, 5.74) is 10.4. The van der Waals surface area contributed by atoms with E-state index in [0.717, 1.165) is 0 Å². The molecule has 2 atom stereocenters. The van der Waals surface area contributed by atoms with E-state index in [1.54, 1.807) is 0 Å². The Bertz CT molecular complexity index is 337. The summed E-state index contributed by atoms with van der Waals surface area (Å²) in [6, 6.07) is -1.06. The molecule has 7 nitrogen and oxygen atoms in total. The highest BCUT2D eigenvalue weighted by atomic mass is 32.2. The van der Waals surface area contributed by atoms with Crippen molar-refractivity contribution in [1.29, 1.82) is 0 Å². The molecule has 2 amide bonds. The minimum atomic E-state index is -0.548. The fourth-order valence-corrected chi connectivity index (χ4v) is 2.64. The molecule has 1 fully saturated rings. The Balaban J connectivity index is 2.60. The first-order valence-corrected chi connectivity index (χ1v) is 6.82. The third kappa shape index (κ3) is 4.63. The summed E-state index contributed by atoms with van der Waals surface area (Å²) in [7, 11) is 0. The molecule has 0 aromatic rings. The Morgan fingerprint density at radius 2 is 2.22 bits per heavy atom. The predicted molar refractivity (Wildman–Crippen MR) is 68.9 cm³/mol. The lowest BCUT2D eigenvalue weighted by Crippen LogP contribution is -2.49. The van der Waals surface area contributed by atoms with Gasteiger partial charge in [-0.25, -0.2) is 0 Å². The van der Waals surface area contributed by atoms with Gasteiger partial charge in [0.2, 0.25) is 11.8 Å². The van der Waals surface area contributed by atoms with Crippen molar-refractivity contribution in [2.45, 2.75) is 18.5 Å². The smallest absolute Gasteiger partial charge is 0.235 e. The first kappa shape index (κ1) is 14.9. The van der Waals surface area contributed by atoms with E-state index in [1.807, 2.05) is 0 Å². The van der Waals surface area contributed by atoms with Crippen LogP contribution in [0.4, 0.5) is 0 Å². The fourth-order valence-electron chi connectivity index (χ4n) is 1.56. The summed E-state index contributed by atoms with van der Waals surface area (Å²) in [5, 5.41) is 5.38. The van der Waals surface area contributed by atoms with Gasteiger partial charge < -0.3 is 16.8 Å². The Morgan fingerprint density at radius 1 is 1.50 bits per heavy atom. The zero-order valence-corrected chi connectivity index (χ0v) is 10.8. The number of amides is 2. The molecular weight excluding hydrogens is 256 g/mol. The summed E-state index contributed by atoms with van der Waals surface area (Å²) in [4.78, 5) is 34.1. The fraction of sp³-hybridized carbons (Fsp3) is 0.700. The van der Waals surface area contributed by atoms with Crippen LogP contribution in [0, 0.1) is 0 Å². The Labute approximate surface area is 109 Å².